The molecule has 2 atom stereocenters. The minimum absolute atomic E-state index is 0.0132. The van der Waals surface area contributed by atoms with E-state index >= 15 is 0 Å². The van der Waals surface area contributed by atoms with Crippen LogP contribution in [0.2, 0.25) is 0 Å². The molecule has 1 fully saturated rings. The molecule has 0 aromatic heterocycles. The number of methoxy groups -OCH3 is 2. The molecule has 144 valence electrons. The Morgan fingerprint density at radius 2 is 1.96 bits per heavy atom. The second kappa shape index (κ2) is 8.92. The Kier molecular flexibility index (Phi) is 6.89. The van der Waals surface area contributed by atoms with E-state index in [4.69, 9.17) is 9.47 Å². The molecule has 2 amide bonds. The van der Waals surface area contributed by atoms with Gasteiger partial charge in [-0.1, -0.05) is 32.9 Å². The monoisotopic (exact) mass is 362 g/mol. The Balaban J connectivity index is 2.38. The quantitative estimate of drug-likeness (QED) is 0.809. The van der Waals surface area contributed by atoms with E-state index in [2.05, 4.69) is 5.32 Å². The summed E-state index contributed by atoms with van der Waals surface area (Å²) in [5.74, 6) is 0.798. The van der Waals surface area contributed by atoms with E-state index < -0.39 is 0 Å². The van der Waals surface area contributed by atoms with Gasteiger partial charge in [-0.15, -0.1) is 0 Å². The van der Waals surface area contributed by atoms with Gasteiger partial charge in [-0.05, 0) is 12.5 Å². The van der Waals surface area contributed by atoms with Gasteiger partial charge in [-0.2, -0.15) is 0 Å². The maximum Gasteiger partial charge on any atom is 0.225 e. The zero-order valence-electron chi connectivity index (χ0n) is 16.4. The number of carbonyl (C=O) groups is 2. The van der Waals surface area contributed by atoms with Gasteiger partial charge in [-0.25, -0.2) is 0 Å². The maximum atomic E-state index is 12.8. The largest absolute Gasteiger partial charge is 0.493 e. The predicted molar refractivity (Wildman–Crippen MR) is 100 cm³/mol. The molecular formula is C20H30N2O4. The van der Waals surface area contributed by atoms with Crippen LogP contribution in [0, 0.1) is 11.8 Å². The van der Waals surface area contributed by atoms with Crippen molar-refractivity contribution in [2.75, 3.05) is 33.9 Å². The number of benzene rings is 1. The van der Waals surface area contributed by atoms with Crippen LogP contribution in [0.5, 0.6) is 11.5 Å². The van der Waals surface area contributed by atoms with Gasteiger partial charge in [0.25, 0.3) is 0 Å². The van der Waals surface area contributed by atoms with Gasteiger partial charge in [0.05, 0.1) is 20.1 Å². The Bertz CT molecular complexity index is 645. The molecule has 1 aliphatic rings. The van der Waals surface area contributed by atoms with Crippen LogP contribution in [-0.2, 0) is 9.59 Å². The molecule has 0 aliphatic carbocycles. The van der Waals surface area contributed by atoms with Crippen LogP contribution in [0.25, 0.3) is 0 Å². The third-order valence-electron chi connectivity index (χ3n) is 4.84. The molecule has 0 spiro atoms. The number of nitrogens with one attached hydrogen (secondary N) is 1. The van der Waals surface area contributed by atoms with Gasteiger partial charge in [0, 0.05) is 37.0 Å². The van der Waals surface area contributed by atoms with Crippen molar-refractivity contribution in [1.82, 2.24) is 10.2 Å². The number of hydrogen-bond acceptors (Lipinski definition) is 4. The maximum absolute atomic E-state index is 12.8. The summed E-state index contributed by atoms with van der Waals surface area (Å²) in [6.45, 7) is 7.35. The number of para-hydroxylation sites is 1. The lowest BCUT2D eigenvalue weighted by Crippen LogP contribution is -2.36. The molecule has 6 heteroatoms. The molecule has 0 saturated carbocycles. The highest BCUT2D eigenvalue weighted by molar-refractivity contribution is 5.84. The Morgan fingerprint density at radius 3 is 2.54 bits per heavy atom. The number of ether oxygens (including phenoxy) is 2. The number of amides is 2. The molecule has 1 N–H and O–H groups in total. The van der Waals surface area contributed by atoms with E-state index in [1.807, 2.05) is 39.0 Å². The molecule has 1 aromatic rings. The van der Waals surface area contributed by atoms with Crippen molar-refractivity contribution in [3.05, 3.63) is 23.8 Å². The van der Waals surface area contributed by atoms with Gasteiger partial charge in [0.2, 0.25) is 11.8 Å². The summed E-state index contributed by atoms with van der Waals surface area (Å²) in [7, 11) is 3.19. The average molecular weight is 362 g/mol. The molecule has 6 nitrogen and oxygen atoms in total. The van der Waals surface area contributed by atoms with Crippen LogP contribution in [0.3, 0.4) is 0 Å². The second-order valence-electron chi connectivity index (χ2n) is 6.98. The van der Waals surface area contributed by atoms with E-state index in [0.717, 1.165) is 12.0 Å². The average Bonchev–Trinajstić information content (AvgIpc) is 3.09. The van der Waals surface area contributed by atoms with Crippen molar-refractivity contribution in [3.63, 3.8) is 0 Å². The van der Waals surface area contributed by atoms with Gasteiger partial charge in [-0.3, -0.25) is 9.59 Å². The lowest BCUT2D eigenvalue weighted by atomic mass is 9.87. The first-order valence-electron chi connectivity index (χ1n) is 9.21. The highest BCUT2D eigenvalue weighted by atomic mass is 16.5. The van der Waals surface area contributed by atoms with Crippen LogP contribution < -0.4 is 14.8 Å². The van der Waals surface area contributed by atoms with Gasteiger partial charge in [0.15, 0.2) is 11.5 Å². The third-order valence-corrected chi connectivity index (χ3v) is 4.84. The molecule has 26 heavy (non-hydrogen) atoms. The molecule has 1 aliphatic heterocycles. The minimum atomic E-state index is -0.301. The molecule has 1 saturated heterocycles. The van der Waals surface area contributed by atoms with Crippen molar-refractivity contribution in [2.24, 2.45) is 11.8 Å². The summed E-state index contributed by atoms with van der Waals surface area (Å²) in [5.41, 5.74) is 0.905. The fourth-order valence-electron chi connectivity index (χ4n) is 3.51. The fourth-order valence-corrected chi connectivity index (χ4v) is 3.51. The first-order valence-corrected chi connectivity index (χ1v) is 9.21. The van der Waals surface area contributed by atoms with E-state index in [1.165, 1.54) is 0 Å². The van der Waals surface area contributed by atoms with Crippen LogP contribution in [0.15, 0.2) is 18.2 Å². The first-order chi connectivity index (χ1) is 12.4. The Hall–Kier alpha value is -2.24. The zero-order chi connectivity index (χ0) is 19.3. The summed E-state index contributed by atoms with van der Waals surface area (Å²) in [4.78, 5) is 27.1. The molecule has 0 bridgehead atoms. The van der Waals surface area contributed by atoms with Crippen molar-refractivity contribution in [1.29, 1.82) is 0 Å². The van der Waals surface area contributed by atoms with E-state index in [-0.39, 0.29) is 29.6 Å². The van der Waals surface area contributed by atoms with E-state index in [0.29, 0.717) is 31.1 Å². The number of likely N-dealkylation sites (tertiary alicyclic amines) is 1. The summed E-state index contributed by atoms with van der Waals surface area (Å²) < 4.78 is 11.0. The predicted octanol–water partition coefficient (Wildman–Crippen LogP) is 2.43. The van der Waals surface area contributed by atoms with Crippen LogP contribution in [-0.4, -0.2) is 50.6 Å². The van der Waals surface area contributed by atoms with Gasteiger partial charge < -0.3 is 19.7 Å². The summed E-state index contributed by atoms with van der Waals surface area (Å²) in [5, 5.41) is 2.98. The number of rotatable bonds is 7. The smallest absolute Gasteiger partial charge is 0.225 e. The third kappa shape index (κ3) is 4.11. The lowest BCUT2D eigenvalue weighted by Gasteiger charge is -2.21. The number of hydrogen-bond donors (Lipinski definition) is 1. The number of nitrogens with zero attached hydrogens (tertiary/aromatic N) is 1. The fraction of sp³-hybridized carbons (Fsp3) is 0.600. The van der Waals surface area contributed by atoms with Crippen molar-refractivity contribution >= 4 is 11.8 Å². The van der Waals surface area contributed by atoms with Crippen molar-refractivity contribution in [3.8, 4) is 11.5 Å². The second-order valence-corrected chi connectivity index (χ2v) is 6.98. The zero-order valence-corrected chi connectivity index (χ0v) is 16.4. The minimum Gasteiger partial charge on any atom is -0.493 e. The van der Waals surface area contributed by atoms with Crippen molar-refractivity contribution < 1.29 is 19.1 Å². The number of carbonyl (C=O) groups excluding carboxylic acids is 2. The van der Waals surface area contributed by atoms with Crippen LogP contribution in [0.1, 0.15) is 38.7 Å². The first kappa shape index (κ1) is 20.1. The highest BCUT2D eigenvalue weighted by Crippen LogP contribution is 2.42. The van der Waals surface area contributed by atoms with E-state index in [1.54, 1.807) is 19.1 Å². The summed E-state index contributed by atoms with van der Waals surface area (Å²) in [6.07, 6.45) is 0.875. The molecular weight excluding hydrogens is 332 g/mol. The Labute approximate surface area is 155 Å². The van der Waals surface area contributed by atoms with Crippen LogP contribution >= 0.6 is 0 Å². The molecule has 0 unspecified atom stereocenters. The lowest BCUT2D eigenvalue weighted by molar-refractivity contribution is -0.133. The molecule has 0 radical (unpaired) electrons. The Morgan fingerprint density at radius 1 is 1.23 bits per heavy atom. The molecule has 1 heterocycles. The standard InChI is InChI=1S/C20H30N2O4/c1-6-10-21-19(23)16-12-22(20(24)13(2)3)11-15(16)14-8-7-9-17(25-4)18(14)26-5/h7-9,13,15-16H,6,10-12H2,1-5H3,(H,21,23)/t15-,16-/m1/s1. The van der Waals surface area contributed by atoms with Crippen molar-refractivity contribution in [2.45, 2.75) is 33.1 Å². The SMILES string of the molecule is CCCNC(=O)[C@@H]1CN(C(=O)C(C)C)C[C@@H]1c1cccc(OC)c1OC. The van der Waals surface area contributed by atoms with E-state index in [9.17, 15) is 9.59 Å². The van der Waals surface area contributed by atoms with Gasteiger partial charge >= 0.3 is 0 Å². The van der Waals surface area contributed by atoms with Gasteiger partial charge in [0.1, 0.15) is 0 Å². The normalized spacial score (nSPS) is 19.5. The van der Waals surface area contributed by atoms with Crippen LogP contribution in [0.4, 0.5) is 0 Å². The molecule has 1 aromatic carbocycles. The highest BCUT2D eigenvalue weighted by Gasteiger charge is 2.42. The summed E-state index contributed by atoms with van der Waals surface area (Å²) in [6, 6.07) is 5.68. The summed E-state index contributed by atoms with van der Waals surface area (Å²) >= 11 is 0. The topological polar surface area (TPSA) is 67.9 Å². The molecule has 2 rings (SSSR count).